The first-order chi connectivity index (χ1) is 21.1. The van der Waals surface area contributed by atoms with Gasteiger partial charge in [-0.05, 0) is 54.6 Å². The second kappa shape index (κ2) is 11.7. The molecule has 6 rings (SSSR count). The second-order valence-electron chi connectivity index (χ2n) is 10.8. The fourth-order valence-corrected chi connectivity index (χ4v) is 6.42. The van der Waals surface area contributed by atoms with Gasteiger partial charge in [-0.25, -0.2) is 18.7 Å². The number of carbonyl (C=O) groups excluding carboxylic acids is 3. The van der Waals surface area contributed by atoms with Crippen LogP contribution < -0.4 is 5.32 Å². The number of likely N-dealkylation sites (tertiary alicyclic amines) is 1. The number of ketones is 1. The zero-order valence-electron chi connectivity index (χ0n) is 24.2. The molecule has 12 heteroatoms. The van der Waals surface area contributed by atoms with Gasteiger partial charge < -0.3 is 10.2 Å². The van der Waals surface area contributed by atoms with Crippen molar-refractivity contribution in [2.24, 2.45) is 0 Å². The highest BCUT2D eigenvalue weighted by atomic mass is 32.1. The number of fused-ring (bicyclic) bond motifs is 1. The molecule has 1 N–H and O–H groups in total. The van der Waals surface area contributed by atoms with Gasteiger partial charge in [-0.1, -0.05) is 18.2 Å². The summed E-state index contributed by atoms with van der Waals surface area (Å²) >= 11 is 1.39. The highest BCUT2D eigenvalue weighted by molar-refractivity contribution is 7.13. The van der Waals surface area contributed by atoms with Crippen molar-refractivity contribution in [2.45, 2.75) is 46.0 Å². The smallest absolute Gasteiger partial charge is 0.247 e. The maximum Gasteiger partial charge on any atom is 0.247 e. The van der Waals surface area contributed by atoms with Gasteiger partial charge >= 0.3 is 0 Å². The van der Waals surface area contributed by atoms with E-state index in [9.17, 15) is 18.8 Å². The number of thiophene rings is 1. The van der Waals surface area contributed by atoms with Crippen LogP contribution in [-0.2, 0) is 16.1 Å². The molecule has 0 radical (unpaired) electrons. The molecule has 1 fully saturated rings. The predicted octanol–water partition coefficient (Wildman–Crippen LogP) is 5.76. The molecule has 1 aliphatic heterocycles. The number of aromatic nitrogens is 4. The lowest BCUT2D eigenvalue weighted by Crippen LogP contribution is -2.44. The standard InChI is InChI=1S/C32H28F2N6O3S/c1-17-9-10-44-31(17)23-5-4-6-25(29(23)34)37-32(43)27-12-22(33)15-39(27)28(42)16-40-26-8-7-20(21-13-35-19(3)36-14-21)11-24(26)30(38-40)18(2)41/h4-11,13-14,22,27H,12,15-16H2,1-3H3,(H,37,43)/t22-,27+/m1/s1. The van der Waals surface area contributed by atoms with E-state index in [0.717, 1.165) is 26.5 Å². The van der Waals surface area contributed by atoms with Crippen molar-refractivity contribution < 1.29 is 23.2 Å². The Balaban J connectivity index is 1.25. The number of rotatable bonds is 7. The van der Waals surface area contributed by atoms with Crippen molar-refractivity contribution in [3.63, 3.8) is 0 Å². The summed E-state index contributed by atoms with van der Waals surface area (Å²) in [6, 6.07) is 10.8. The Kier molecular flexibility index (Phi) is 7.76. The van der Waals surface area contributed by atoms with Crippen LogP contribution in [0, 0.1) is 19.7 Å². The number of carbonyl (C=O) groups is 3. The highest BCUT2D eigenvalue weighted by Crippen LogP contribution is 2.34. The Labute approximate surface area is 255 Å². The van der Waals surface area contributed by atoms with Gasteiger partial charge in [-0.15, -0.1) is 11.3 Å². The summed E-state index contributed by atoms with van der Waals surface area (Å²) in [6.45, 7) is 4.43. The first kappa shape index (κ1) is 29.2. The maximum absolute atomic E-state index is 15.4. The number of aryl methyl sites for hydroxylation is 2. The van der Waals surface area contributed by atoms with Crippen molar-refractivity contribution in [1.29, 1.82) is 0 Å². The van der Waals surface area contributed by atoms with Crippen LogP contribution in [0.25, 0.3) is 32.5 Å². The molecule has 4 heterocycles. The van der Waals surface area contributed by atoms with Crippen LogP contribution in [0.5, 0.6) is 0 Å². The van der Waals surface area contributed by atoms with Gasteiger partial charge in [0, 0.05) is 47.1 Å². The number of anilines is 1. The first-order valence-electron chi connectivity index (χ1n) is 14.0. The number of alkyl halides is 1. The average molecular weight is 615 g/mol. The Hall–Kier alpha value is -4.84. The van der Waals surface area contributed by atoms with E-state index in [-0.39, 0.29) is 36.7 Å². The Bertz CT molecular complexity index is 1920. The SMILES string of the molecule is CC(=O)c1nn(CC(=O)N2C[C@H](F)C[C@H]2C(=O)Nc2cccc(-c3sccc3C)c2F)c2ccc(-c3cnc(C)nc3)cc12. The summed E-state index contributed by atoms with van der Waals surface area (Å²) in [5, 5.41) is 9.37. The monoisotopic (exact) mass is 614 g/mol. The quantitative estimate of drug-likeness (QED) is 0.234. The Morgan fingerprint density at radius 2 is 1.84 bits per heavy atom. The van der Waals surface area contributed by atoms with Crippen molar-refractivity contribution in [3.8, 4) is 21.6 Å². The van der Waals surface area contributed by atoms with E-state index < -0.39 is 29.8 Å². The molecule has 9 nitrogen and oxygen atoms in total. The summed E-state index contributed by atoms with van der Waals surface area (Å²) < 4.78 is 31.5. The number of hydrogen-bond acceptors (Lipinski definition) is 7. The van der Waals surface area contributed by atoms with Gasteiger partial charge in [0.1, 0.15) is 30.3 Å². The first-order valence-corrected chi connectivity index (χ1v) is 14.9. The van der Waals surface area contributed by atoms with Crippen LogP contribution in [0.3, 0.4) is 0 Å². The van der Waals surface area contributed by atoms with E-state index in [1.807, 2.05) is 24.4 Å². The molecular weight excluding hydrogens is 586 g/mol. The molecular formula is C32H28F2N6O3S. The maximum atomic E-state index is 15.4. The van der Waals surface area contributed by atoms with E-state index in [1.54, 1.807) is 43.6 Å². The third kappa shape index (κ3) is 5.48. The fourth-order valence-electron chi connectivity index (χ4n) is 5.48. The summed E-state index contributed by atoms with van der Waals surface area (Å²) in [5.41, 5.74) is 3.44. The minimum Gasteiger partial charge on any atom is -0.326 e. The van der Waals surface area contributed by atoms with E-state index in [1.165, 1.54) is 29.0 Å². The summed E-state index contributed by atoms with van der Waals surface area (Å²) in [5.74, 6) is -1.50. The number of nitrogens with zero attached hydrogens (tertiary/aromatic N) is 5. The molecule has 224 valence electrons. The van der Waals surface area contributed by atoms with E-state index in [0.29, 0.717) is 22.3 Å². The largest absolute Gasteiger partial charge is 0.326 e. The highest BCUT2D eigenvalue weighted by Gasteiger charge is 2.40. The average Bonchev–Trinajstić information content (AvgIpc) is 3.71. The molecule has 2 aromatic carbocycles. The number of benzene rings is 2. The van der Waals surface area contributed by atoms with Crippen molar-refractivity contribution in [3.05, 3.63) is 83.1 Å². The van der Waals surface area contributed by atoms with Crippen LogP contribution in [0.15, 0.2) is 60.2 Å². The number of nitrogens with one attached hydrogen (secondary N) is 1. The summed E-state index contributed by atoms with van der Waals surface area (Å²) in [4.78, 5) is 49.7. The zero-order chi connectivity index (χ0) is 31.1. The van der Waals surface area contributed by atoms with E-state index in [2.05, 4.69) is 20.4 Å². The molecule has 0 spiro atoms. The number of Topliss-reactive ketones (excluding diaryl/α,β-unsaturated/α-hetero) is 1. The van der Waals surface area contributed by atoms with Gasteiger partial charge in [0.2, 0.25) is 11.8 Å². The molecule has 3 aromatic heterocycles. The minimum atomic E-state index is -1.43. The van der Waals surface area contributed by atoms with Gasteiger partial charge in [0.15, 0.2) is 11.6 Å². The normalized spacial score (nSPS) is 16.4. The number of amides is 2. The van der Waals surface area contributed by atoms with Crippen LogP contribution >= 0.6 is 11.3 Å². The van der Waals surface area contributed by atoms with E-state index in [4.69, 9.17) is 0 Å². The third-order valence-corrected chi connectivity index (χ3v) is 8.77. The fraction of sp³-hybridized carbons (Fsp3) is 0.250. The van der Waals surface area contributed by atoms with Gasteiger partial charge in [-0.3, -0.25) is 19.1 Å². The molecule has 1 saturated heterocycles. The van der Waals surface area contributed by atoms with Gasteiger partial charge in [-0.2, -0.15) is 5.10 Å². The topological polar surface area (TPSA) is 110 Å². The van der Waals surface area contributed by atoms with Crippen molar-refractivity contribution in [1.82, 2.24) is 24.6 Å². The summed E-state index contributed by atoms with van der Waals surface area (Å²) in [7, 11) is 0. The molecule has 0 unspecified atom stereocenters. The molecule has 2 amide bonds. The van der Waals surface area contributed by atoms with Crippen LogP contribution in [0.2, 0.25) is 0 Å². The Morgan fingerprint density at radius 1 is 1.07 bits per heavy atom. The molecule has 1 aliphatic rings. The molecule has 0 bridgehead atoms. The molecule has 2 atom stereocenters. The van der Waals surface area contributed by atoms with Crippen LogP contribution in [0.1, 0.15) is 35.2 Å². The number of halogens is 2. The lowest BCUT2D eigenvalue weighted by Gasteiger charge is -2.24. The van der Waals surface area contributed by atoms with Crippen molar-refractivity contribution >= 4 is 45.5 Å². The summed E-state index contributed by atoms with van der Waals surface area (Å²) in [6.07, 6.45) is 1.72. The molecule has 0 aliphatic carbocycles. The Morgan fingerprint density at radius 3 is 2.55 bits per heavy atom. The lowest BCUT2D eigenvalue weighted by atomic mass is 10.0. The third-order valence-electron chi connectivity index (χ3n) is 7.72. The molecule has 5 aromatic rings. The van der Waals surface area contributed by atoms with Gasteiger partial charge in [0.05, 0.1) is 17.7 Å². The lowest BCUT2D eigenvalue weighted by molar-refractivity contribution is -0.137. The second-order valence-corrected chi connectivity index (χ2v) is 11.7. The van der Waals surface area contributed by atoms with Gasteiger partial charge in [0.25, 0.3) is 0 Å². The molecule has 0 saturated carbocycles. The number of hydrogen-bond donors (Lipinski definition) is 1. The molecule has 44 heavy (non-hydrogen) atoms. The van der Waals surface area contributed by atoms with Crippen LogP contribution in [-0.4, -0.2) is 61.0 Å². The van der Waals surface area contributed by atoms with Crippen LogP contribution in [0.4, 0.5) is 14.5 Å². The zero-order valence-corrected chi connectivity index (χ0v) is 25.0. The van der Waals surface area contributed by atoms with E-state index >= 15 is 4.39 Å². The minimum absolute atomic E-state index is 0.0473. The van der Waals surface area contributed by atoms with Crippen molar-refractivity contribution in [2.75, 3.05) is 11.9 Å². The predicted molar refractivity (Wildman–Crippen MR) is 164 cm³/mol.